The number of ether oxygens (including phenoxy) is 1. The fourth-order valence-electron chi connectivity index (χ4n) is 4.36. The summed E-state index contributed by atoms with van der Waals surface area (Å²) in [4.78, 5) is 26.0. The van der Waals surface area contributed by atoms with E-state index in [2.05, 4.69) is 0 Å². The van der Waals surface area contributed by atoms with E-state index in [0.717, 1.165) is 6.20 Å². The minimum atomic E-state index is -1.53. The lowest BCUT2D eigenvalue weighted by Gasteiger charge is -2.26. The van der Waals surface area contributed by atoms with Crippen molar-refractivity contribution in [3.63, 3.8) is 0 Å². The Kier molecular flexibility index (Phi) is 5.24. The normalized spacial score (nSPS) is 23.9. The summed E-state index contributed by atoms with van der Waals surface area (Å²) < 4.78 is 49.2. The molecule has 1 aromatic carbocycles. The van der Waals surface area contributed by atoms with Crippen LogP contribution in [-0.2, 0) is 0 Å². The molecule has 1 saturated carbocycles. The number of methoxy groups -OCH3 is 1. The maximum absolute atomic E-state index is 15.5. The molecule has 1 aliphatic carbocycles. The SMILES string of the molecule is COc1c(N2CC[C@@H](C(N)CF)C2)c(F)c(N)c2c(=O)c(C(=O)O)cn([C@@H]3C[C@@H]3F)c12. The van der Waals surface area contributed by atoms with Crippen molar-refractivity contribution in [3.8, 4) is 5.75 Å². The average Bonchev–Trinajstić information content (AvgIpc) is 3.26. The molecule has 1 aliphatic heterocycles. The van der Waals surface area contributed by atoms with Gasteiger partial charge >= 0.3 is 5.97 Å². The van der Waals surface area contributed by atoms with Crippen molar-refractivity contribution < 1.29 is 27.8 Å². The maximum atomic E-state index is 15.5. The number of aromatic carboxylic acids is 1. The largest absolute Gasteiger partial charge is 0.492 e. The number of fused-ring (bicyclic) bond motifs is 1. The summed E-state index contributed by atoms with van der Waals surface area (Å²) in [6.07, 6.45) is 0.438. The monoisotopic (exact) mass is 440 g/mol. The van der Waals surface area contributed by atoms with Gasteiger partial charge in [-0.3, -0.25) is 4.79 Å². The Morgan fingerprint density at radius 2 is 2.13 bits per heavy atom. The summed E-state index contributed by atoms with van der Waals surface area (Å²) in [5.74, 6) is -2.75. The predicted molar refractivity (Wildman–Crippen MR) is 109 cm³/mol. The Labute approximate surface area is 175 Å². The minimum Gasteiger partial charge on any atom is -0.492 e. The molecule has 0 bridgehead atoms. The van der Waals surface area contributed by atoms with Crippen LogP contribution in [-0.4, -0.2) is 54.7 Å². The molecule has 1 saturated heterocycles. The van der Waals surface area contributed by atoms with Gasteiger partial charge in [-0.2, -0.15) is 0 Å². The number of pyridine rings is 1. The molecule has 4 rings (SSSR count). The number of halogens is 3. The Hall–Kier alpha value is -2.95. The first kappa shape index (κ1) is 21.3. The van der Waals surface area contributed by atoms with E-state index in [1.165, 1.54) is 11.7 Å². The molecule has 0 amide bonds. The highest BCUT2D eigenvalue weighted by atomic mass is 19.1. The molecule has 2 aliphatic rings. The summed E-state index contributed by atoms with van der Waals surface area (Å²) in [7, 11) is 1.27. The van der Waals surface area contributed by atoms with E-state index >= 15 is 4.39 Å². The lowest BCUT2D eigenvalue weighted by molar-refractivity contribution is 0.0694. The molecule has 2 heterocycles. The first-order valence-electron chi connectivity index (χ1n) is 9.88. The number of rotatable bonds is 6. The Morgan fingerprint density at radius 1 is 1.45 bits per heavy atom. The second-order valence-electron chi connectivity index (χ2n) is 8.05. The Morgan fingerprint density at radius 3 is 2.68 bits per heavy atom. The fourth-order valence-corrected chi connectivity index (χ4v) is 4.36. The number of aromatic nitrogens is 1. The first-order chi connectivity index (χ1) is 14.7. The molecule has 2 fully saturated rings. The van der Waals surface area contributed by atoms with Gasteiger partial charge in [0.1, 0.15) is 24.1 Å². The zero-order valence-electron chi connectivity index (χ0n) is 16.8. The maximum Gasteiger partial charge on any atom is 0.341 e. The molecule has 0 spiro atoms. The number of alkyl halides is 2. The number of hydrogen-bond acceptors (Lipinski definition) is 6. The number of nitrogens with two attached hydrogens (primary N) is 2. The molecule has 11 heteroatoms. The standard InChI is InChI=1S/C20H23F3N4O4/c1-31-19-16-13(18(28)9(20(29)30)7-27(16)12-4-10(12)22)15(25)14(23)17(19)26-3-2-8(6-26)11(24)5-21/h7-8,10-12H,2-6,24-25H2,1H3,(H,29,30)/t8-,10+,11?,12-/m1/s1. The van der Waals surface area contributed by atoms with Crippen molar-refractivity contribution in [2.45, 2.75) is 31.1 Å². The molecule has 2 aromatic rings. The van der Waals surface area contributed by atoms with Gasteiger partial charge in [-0.05, 0) is 12.3 Å². The van der Waals surface area contributed by atoms with Gasteiger partial charge in [0.2, 0.25) is 5.43 Å². The molecule has 0 radical (unpaired) electrons. The van der Waals surface area contributed by atoms with Gasteiger partial charge < -0.3 is 30.8 Å². The zero-order chi connectivity index (χ0) is 22.6. The summed E-state index contributed by atoms with van der Waals surface area (Å²) >= 11 is 0. The smallest absolute Gasteiger partial charge is 0.341 e. The first-order valence-corrected chi connectivity index (χ1v) is 9.88. The highest BCUT2D eigenvalue weighted by molar-refractivity contribution is 6.03. The number of benzene rings is 1. The summed E-state index contributed by atoms with van der Waals surface area (Å²) in [5.41, 5.74) is 9.64. The van der Waals surface area contributed by atoms with Crippen LogP contribution in [0, 0.1) is 11.7 Å². The van der Waals surface area contributed by atoms with Crippen LogP contribution in [0.2, 0.25) is 0 Å². The van der Waals surface area contributed by atoms with E-state index in [0.29, 0.717) is 13.0 Å². The van der Waals surface area contributed by atoms with Crippen LogP contribution < -0.4 is 26.5 Å². The highest BCUT2D eigenvalue weighted by Gasteiger charge is 2.42. The van der Waals surface area contributed by atoms with Gasteiger partial charge in [0, 0.05) is 31.7 Å². The van der Waals surface area contributed by atoms with Gasteiger partial charge in [-0.25, -0.2) is 18.0 Å². The molecule has 4 atom stereocenters. The van der Waals surface area contributed by atoms with Crippen LogP contribution in [0.4, 0.5) is 24.5 Å². The molecule has 31 heavy (non-hydrogen) atoms. The van der Waals surface area contributed by atoms with E-state index in [4.69, 9.17) is 16.2 Å². The third kappa shape index (κ3) is 3.27. The van der Waals surface area contributed by atoms with Crippen LogP contribution in [0.1, 0.15) is 29.2 Å². The number of anilines is 2. The lowest BCUT2D eigenvalue weighted by Crippen LogP contribution is -2.34. The third-order valence-electron chi connectivity index (χ3n) is 6.18. The second kappa shape index (κ2) is 7.63. The molecule has 168 valence electrons. The highest BCUT2D eigenvalue weighted by Crippen LogP contribution is 2.48. The fraction of sp³-hybridized carbons (Fsp3) is 0.500. The van der Waals surface area contributed by atoms with Crippen LogP contribution in [0.25, 0.3) is 10.9 Å². The molecule has 8 nitrogen and oxygen atoms in total. The van der Waals surface area contributed by atoms with Crippen molar-refractivity contribution in [3.05, 3.63) is 27.8 Å². The van der Waals surface area contributed by atoms with E-state index in [1.54, 1.807) is 4.90 Å². The number of hydrogen-bond donors (Lipinski definition) is 3. The summed E-state index contributed by atoms with van der Waals surface area (Å²) in [6.45, 7) is -0.117. The number of nitrogen functional groups attached to an aromatic ring is 1. The predicted octanol–water partition coefficient (Wildman–Crippen LogP) is 1.84. The van der Waals surface area contributed by atoms with E-state index in [-0.39, 0.29) is 41.2 Å². The zero-order valence-corrected chi connectivity index (χ0v) is 16.8. The molecule has 1 unspecified atom stereocenters. The Bertz CT molecular complexity index is 1120. The van der Waals surface area contributed by atoms with Gasteiger partial charge in [0.15, 0.2) is 11.6 Å². The van der Waals surface area contributed by atoms with Gasteiger partial charge in [-0.15, -0.1) is 0 Å². The van der Waals surface area contributed by atoms with Gasteiger partial charge in [-0.1, -0.05) is 0 Å². The summed E-state index contributed by atoms with van der Waals surface area (Å²) in [6, 6.07) is -1.42. The quantitative estimate of drug-likeness (QED) is 0.586. The van der Waals surface area contributed by atoms with Crippen LogP contribution in [0.15, 0.2) is 11.0 Å². The summed E-state index contributed by atoms with van der Waals surface area (Å²) in [5, 5.41) is 9.05. The number of carbonyl (C=O) groups is 1. The topological polar surface area (TPSA) is 124 Å². The lowest BCUT2D eigenvalue weighted by atomic mass is 10.0. The molecular formula is C20H23F3N4O4. The van der Waals surface area contributed by atoms with Crippen LogP contribution in [0.3, 0.4) is 0 Å². The van der Waals surface area contributed by atoms with Gasteiger partial charge in [0.25, 0.3) is 0 Å². The number of carboxylic acid groups (broad SMARTS) is 1. The Balaban J connectivity index is 2.00. The van der Waals surface area contributed by atoms with Crippen LogP contribution in [0.5, 0.6) is 5.75 Å². The number of carboxylic acids is 1. The molecule has 5 N–H and O–H groups in total. The van der Waals surface area contributed by atoms with Crippen molar-refractivity contribution in [2.75, 3.05) is 37.5 Å². The van der Waals surface area contributed by atoms with E-state index in [1.807, 2.05) is 0 Å². The minimum absolute atomic E-state index is 0.0339. The van der Waals surface area contributed by atoms with Crippen LogP contribution >= 0.6 is 0 Å². The van der Waals surface area contributed by atoms with E-state index < -0.39 is 53.4 Å². The van der Waals surface area contributed by atoms with Crippen molar-refractivity contribution >= 4 is 28.2 Å². The van der Waals surface area contributed by atoms with Crippen molar-refractivity contribution in [2.24, 2.45) is 11.7 Å². The van der Waals surface area contributed by atoms with Gasteiger partial charge in [0.05, 0.1) is 29.7 Å². The molecular weight excluding hydrogens is 417 g/mol. The third-order valence-corrected chi connectivity index (χ3v) is 6.18. The molecule has 1 aromatic heterocycles. The van der Waals surface area contributed by atoms with Crippen molar-refractivity contribution in [1.29, 1.82) is 0 Å². The van der Waals surface area contributed by atoms with E-state index in [9.17, 15) is 23.5 Å². The number of nitrogens with zero attached hydrogens (tertiary/aromatic N) is 2. The second-order valence-corrected chi connectivity index (χ2v) is 8.05. The average molecular weight is 440 g/mol. The van der Waals surface area contributed by atoms with Crippen molar-refractivity contribution in [1.82, 2.24) is 4.57 Å².